The SMILES string of the molecule is C=CCN(C=O)C(=O)c1ccccc1. The first-order valence-electron chi connectivity index (χ1n) is 4.22. The van der Waals surface area contributed by atoms with Crippen molar-refractivity contribution in [3.8, 4) is 0 Å². The zero-order valence-electron chi connectivity index (χ0n) is 7.72. The van der Waals surface area contributed by atoms with Gasteiger partial charge >= 0.3 is 0 Å². The summed E-state index contributed by atoms with van der Waals surface area (Å²) < 4.78 is 0. The van der Waals surface area contributed by atoms with Crippen LogP contribution in [-0.2, 0) is 4.79 Å². The molecule has 0 heterocycles. The van der Waals surface area contributed by atoms with Gasteiger partial charge in [-0.05, 0) is 12.1 Å². The summed E-state index contributed by atoms with van der Waals surface area (Å²) in [4.78, 5) is 23.3. The third kappa shape index (κ3) is 2.29. The summed E-state index contributed by atoms with van der Waals surface area (Å²) in [6, 6.07) is 8.66. The van der Waals surface area contributed by atoms with Gasteiger partial charge in [0.1, 0.15) is 0 Å². The minimum absolute atomic E-state index is 0.233. The van der Waals surface area contributed by atoms with Gasteiger partial charge in [0.15, 0.2) is 0 Å². The summed E-state index contributed by atoms with van der Waals surface area (Å²) in [6.07, 6.45) is 2.02. The molecule has 1 rings (SSSR count). The summed E-state index contributed by atoms with van der Waals surface area (Å²) in [5.74, 6) is -0.305. The number of amides is 2. The van der Waals surface area contributed by atoms with Gasteiger partial charge in [-0.3, -0.25) is 14.5 Å². The van der Waals surface area contributed by atoms with Gasteiger partial charge in [-0.15, -0.1) is 6.58 Å². The van der Waals surface area contributed by atoms with E-state index in [0.29, 0.717) is 12.0 Å². The van der Waals surface area contributed by atoms with Crippen molar-refractivity contribution in [2.45, 2.75) is 0 Å². The molecule has 0 saturated heterocycles. The van der Waals surface area contributed by atoms with Crippen LogP contribution in [0.4, 0.5) is 0 Å². The molecule has 3 nitrogen and oxygen atoms in total. The lowest BCUT2D eigenvalue weighted by atomic mass is 10.2. The first-order chi connectivity index (χ1) is 6.79. The standard InChI is InChI=1S/C11H11NO2/c1-2-8-12(9-13)11(14)10-6-4-3-5-7-10/h2-7,9H,1,8H2. The number of nitrogens with zero attached hydrogens (tertiary/aromatic N) is 1. The van der Waals surface area contributed by atoms with E-state index in [9.17, 15) is 9.59 Å². The highest BCUT2D eigenvalue weighted by atomic mass is 16.2. The van der Waals surface area contributed by atoms with Crippen molar-refractivity contribution in [1.82, 2.24) is 4.90 Å². The number of carbonyl (C=O) groups is 2. The molecular weight excluding hydrogens is 178 g/mol. The van der Waals surface area contributed by atoms with Crippen LogP contribution >= 0.6 is 0 Å². The Bertz CT molecular complexity index is 332. The maximum Gasteiger partial charge on any atom is 0.260 e. The molecule has 1 aromatic rings. The molecule has 1 aromatic carbocycles. The summed E-state index contributed by atoms with van der Waals surface area (Å²) >= 11 is 0. The van der Waals surface area contributed by atoms with Gasteiger partial charge in [-0.25, -0.2) is 0 Å². The minimum atomic E-state index is -0.305. The Kier molecular flexibility index (Phi) is 3.61. The van der Waals surface area contributed by atoms with Crippen molar-refractivity contribution in [2.75, 3.05) is 6.54 Å². The molecule has 3 heteroatoms. The number of carbonyl (C=O) groups excluding carboxylic acids is 2. The average Bonchev–Trinajstić information content (AvgIpc) is 2.26. The van der Waals surface area contributed by atoms with E-state index in [2.05, 4.69) is 6.58 Å². The van der Waals surface area contributed by atoms with Gasteiger partial charge in [-0.2, -0.15) is 0 Å². The zero-order valence-corrected chi connectivity index (χ0v) is 7.72. The lowest BCUT2D eigenvalue weighted by Gasteiger charge is -2.12. The Balaban J connectivity index is 2.83. The topological polar surface area (TPSA) is 37.4 Å². The minimum Gasteiger partial charge on any atom is -0.278 e. The third-order valence-electron chi connectivity index (χ3n) is 1.73. The predicted molar refractivity (Wildman–Crippen MR) is 53.7 cm³/mol. The molecule has 0 bridgehead atoms. The van der Waals surface area contributed by atoms with Crippen LogP contribution < -0.4 is 0 Å². The average molecular weight is 189 g/mol. The van der Waals surface area contributed by atoms with Gasteiger partial charge in [0.2, 0.25) is 6.41 Å². The Labute approximate surface area is 82.6 Å². The van der Waals surface area contributed by atoms with E-state index in [1.807, 2.05) is 6.07 Å². The highest BCUT2D eigenvalue weighted by Crippen LogP contribution is 2.02. The molecule has 0 fully saturated rings. The molecule has 0 aliphatic rings. The van der Waals surface area contributed by atoms with Crippen LogP contribution in [0.15, 0.2) is 43.0 Å². The molecule has 0 aromatic heterocycles. The maximum atomic E-state index is 11.6. The smallest absolute Gasteiger partial charge is 0.260 e. The molecule has 0 spiro atoms. The highest BCUT2D eigenvalue weighted by molar-refractivity contribution is 5.99. The van der Waals surface area contributed by atoms with E-state index in [4.69, 9.17) is 0 Å². The fourth-order valence-electron chi connectivity index (χ4n) is 1.06. The molecule has 2 amide bonds. The summed E-state index contributed by atoms with van der Waals surface area (Å²) in [6.45, 7) is 3.71. The Morgan fingerprint density at radius 3 is 2.50 bits per heavy atom. The van der Waals surface area contributed by atoms with E-state index >= 15 is 0 Å². The van der Waals surface area contributed by atoms with Gasteiger partial charge in [0, 0.05) is 12.1 Å². The second kappa shape index (κ2) is 4.97. The molecular formula is C11H11NO2. The second-order valence-corrected chi connectivity index (χ2v) is 2.72. The van der Waals surface area contributed by atoms with E-state index in [0.717, 1.165) is 4.90 Å². The largest absolute Gasteiger partial charge is 0.278 e. The molecule has 0 saturated carbocycles. The lowest BCUT2D eigenvalue weighted by Crippen LogP contribution is -2.29. The van der Waals surface area contributed by atoms with Crippen molar-refractivity contribution in [1.29, 1.82) is 0 Å². The Morgan fingerprint density at radius 1 is 1.36 bits per heavy atom. The fourth-order valence-corrected chi connectivity index (χ4v) is 1.06. The van der Waals surface area contributed by atoms with Crippen molar-refractivity contribution in [3.05, 3.63) is 48.6 Å². The molecule has 14 heavy (non-hydrogen) atoms. The second-order valence-electron chi connectivity index (χ2n) is 2.72. The van der Waals surface area contributed by atoms with Crippen LogP contribution in [0.3, 0.4) is 0 Å². The predicted octanol–water partition coefficient (Wildman–Crippen LogP) is 1.47. The van der Waals surface area contributed by atoms with Crippen molar-refractivity contribution >= 4 is 12.3 Å². The summed E-state index contributed by atoms with van der Waals surface area (Å²) in [7, 11) is 0. The monoisotopic (exact) mass is 189 g/mol. The van der Waals surface area contributed by atoms with Crippen LogP contribution in [-0.4, -0.2) is 23.8 Å². The van der Waals surface area contributed by atoms with Crippen LogP contribution in [0, 0.1) is 0 Å². The zero-order chi connectivity index (χ0) is 10.4. The van der Waals surface area contributed by atoms with Crippen LogP contribution in [0.25, 0.3) is 0 Å². The van der Waals surface area contributed by atoms with Crippen molar-refractivity contribution in [2.24, 2.45) is 0 Å². The van der Waals surface area contributed by atoms with E-state index < -0.39 is 0 Å². The van der Waals surface area contributed by atoms with Crippen LogP contribution in [0.5, 0.6) is 0 Å². The highest BCUT2D eigenvalue weighted by Gasteiger charge is 2.12. The van der Waals surface area contributed by atoms with Gasteiger partial charge in [0.25, 0.3) is 5.91 Å². The van der Waals surface area contributed by atoms with E-state index in [-0.39, 0.29) is 12.5 Å². The molecule has 0 N–H and O–H groups in total. The van der Waals surface area contributed by atoms with Crippen molar-refractivity contribution in [3.63, 3.8) is 0 Å². The maximum absolute atomic E-state index is 11.6. The molecule has 0 radical (unpaired) electrons. The van der Waals surface area contributed by atoms with E-state index in [1.165, 1.54) is 6.08 Å². The lowest BCUT2D eigenvalue weighted by molar-refractivity contribution is -0.115. The molecule has 0 atom stereocenters. The number of rotatable bonds is 4. The normalized spacial score (nSPS) is 9.14. The molecule has 0 unspecified atom stereocenters. The van der Waals surface area contributed by atoms with Gasteiger partial charge < -0.3 is 0 Å². The molecule has 0 aliphatic heterocycles. The van der Waals surface area contributed by atoms with Gasteiger partial charge in [0.05, 0.1) is 0 Å². The quantitative estimate of drug-likeness (QED) is 0.531. The molecule has 0 aliphatic carbocycles. The van der Waals surface area contributed by atoms with Crippen molar-refractivity contribution < 1.29 is 9.59 Å². The first kappa shape index (κ1) is 10.2. The summed E-state index contributed by atoms with van der Waals surface area (Å²) in [5.41, 5.74) is 0.501. The number of hydrogen-bond donors (Lipinski definition) is 0. The first-order valence-corrected chi connectivity index (χ1v) is 4.22. The Morgan fingerprint density at radius 2 is 2.00 bits per heavy atom. The van der Waals surface area contributed by atoms with Crippen LogP contribution in [0.1, 0.15) is 10.4 Å². The third-order valence-corrected chi connectivity index (χ3v) is 1.73. The Hall–Kier alpha value is -1.90. The van der Waals surface area contributed by atoms with Crippen LogP contribution in [0.2, 0.25) is 0 Å². The number of imide groups is 1. The summed E-state index contributed by atoms with van der Waals surface area (Å²) in [5, 5.41) is 0. The van der Waals surface area contributed by atoms with Gasteiger partial charge in [-0.1, -0.05) is 24.3 Å². The fraction of sp³-hybridized carbons (Fsp3) is 0.0909. The number of hydrogen-bond acceptors (Lipinski definition) is 2. The molecule has 72 valence electrons. The number of benzene rings is 1. The van der Waals surface area contributed by atoms with E-state index in [1.54, 1.807) is 24.3 Å².